The number of rotatable bonds is 2. The van der Waals surface area contributed by atoms with Crippen molar-refractivity contribution in [3.05, 3.63) is 0 Å². The number of hydrogen-bond donors (Lipinski definition) is 0. The largest absolute Gasteiger partial charge is 0.304 e. The highest BCUT2D eigenvalue weighted by atomic mass is 35.6. The van der Waals surface area contributed by atoms with Crippen molar-refractivity contribution < 1.29 is 0 Å². The Hall–Kier alpha value is 0.720. The van der Waals surface area contributed by atoms with Gasteiger partial charge in [-0.15, -0.1) is 0 Å². The summed E-state index contributed by atoms with van der Waals surface area (Å²) in [7, 11) is 0. The van der Waals surface area contributed by atoms with Gasteiger partial charge < -0.3 is 4.90 Å². The monoisotopic (exact) mass is 311 g/mol. The normalized spacial score (nSPS) is 22.7. The van der Waals surface area contributed by atoms with Gasteiger partial charge in [0.15, 0.2) is 0 Å². The first-order valence-corrected chi connectivity index (χ1v) is 6.14. The molecule has 0 aromatic heterocycles. The highest BCUT2D eigenvalue weighted by Crippen LogP contribution is 2.49. The molecule has 1 aliphatic heterocycles. The van der Waals surface area contributed by atoms with Crippen LogP contribution in [0.5, 0.6) is 0 Å². The number of hydrogen-bond acceptors (Lipinski definition) is 3. The third-order valence-corrected chi connectivity index (χ3v) is 4.51. The van der Waals surface area contributed by atoms with E-state index in [1.807, 2.05) is 13.8 Å². The third kappa shape index (κ3) is 2.52. The van der Waals surface area contributed by atoms with Gasteiger partial charge in [0, 0.05) is 6.54 Å². The first kappa shape index (κ1) is 13.8. The smallest absolute Gasteiger partial charge is 0.241 e. The molecule has 0 radical (unpaired) electrons. The van der Waals surface area contributed by atoms with Crippen LogP contribution in [0, 0.1) is 0 Å². The van der Waals surface area contributed by atoms with Crippen molar-refractivity contribution >= 4 is 64.3 Å². The van der Waals surface area contributed by atoms with Crippen LogP contribution in [0.15, 0.2) is 5.10 Å². The maximum absolute atomic E-state index is 6.01. The van der Waals surface area contributed by atoms with E-state index in [9.17, 15) is 0 Å². The predicted octanol–water partition coefficient (Wildman–Crippen LogP) is 3.41. The van der Waals surface area contributed by atoms with Gasteiger partial charge in [-0.05, 0) is 13.8 Å². The van der Waals surface area contributed by atoms with E-state index in [0.717, 1.165) is 6.54 Å². The second-order valence-electron chi connectivity index (χ2n) is 3.06. The highest BCUT2D eigenvalue weighted by molar-refractivity contribution is 6.75. The molecule has 0 N–H and O–H groups in total. The van der Waals surface area contributed by atoms with Gasteiger partial charge in [0.25, 0.3) is 0 Å². The van der Waals surface area contributed by atoms with Crippen molar-refractivity contribution in [3.8, 4) is 0 Å². The fraction of sp³-hybridized carbons (Fsp3) is 0.857. The summed E-state index contributed by atoms with van der Waals surface area (Å²) in [6.07, 6.45) is 1.32. The standard InChI is InChI=1S/C7H10Cl5N3/c1-3-15-5(2)14(4-13-15)7(11,12)6(8,9)10/h4-5H,3H2,1-2H3. The molecule has 0 aromatic rings. The minimum Gasteiger partial charge on any atom is -0.304 e. The van der Waals surface area contributed by atoms with Crippen LogP contribution in [-0.4, -0.2) is 37.2 Å². The van der Waals surface area contributed by atoms with E-state index in [0.29, 0.717) is 0 Å². The van der Waals surface area contributed by atoms with Crippen LogP contribution in [-0.2, 0) is 0 Å². The zero-order chi connectivity index (χ0) is 11.9. The molecule has 1 heterocycles. The minimum absolute atomic E-state index is 0.152. The molecule has 0 spiro atoms. The zero-order valence-corrected chi connectivity index (χ0v) is 11.9. The maximum Gasteiger partial charge on any atom is 0.241 e. The SMILES string of the molecule is CCN1N=CN(C(Cl)(Cl)C(Cl)(Cl)Cl)C1C. The summed E-state index contributed by atoms with van der Waals surface area (Å²) in [6, 6.07) is 0. The number of nitrogens with zero attached hydrogens (tertiary/aromatic N) is 3. The van der Waals surface area contributed by atoms with E-state index in [2.05, 4.69) is 5.10 Å². The fourth-order valence-electron chi connectivity index (χ4n) is 1.26. The molecule has 1 rings (SSSR count). The van der Waals surface area contributed by atoms with E-state index in [1.165, 1.54) is 11.2 Å². The van der Waals surface area contributed by atoms with Crippen LogP contribution in [0.2, 0.25) is 0 Å². The Morgan fingerprint density at radius 2 is 1.80 bits per heavy atom. The first-order valence-electron chi connectivity index (χ1n) is 4.25. The quantitative estimate of drug-likeness (QED) is 0.575. The molecule has 88 valence electrons. The lowest BCUT2D eigenvalue weighted by Crippen LogP contribution is -2.53. The summed E-state index contributed by atoms with van der Waals surface area (Å²) in [4.78, 5) is 1.49. The number of hydrazone groups is 1. The number of halogens is 5. The van der Waals surface area contributed by atoms with Crippen LogP contribution in [0.4, 0.5) is 0 Å². The Kier molecular flexibility index (Phi) is 4.17. The molecule has 0 amide bonds. The predicted molar refractivity (Wildman–Crippen MR) is 66.9 cm³/mol. The molecular formula is C7H10Cl5N3. The summed E-state index contributed by atoms with van der Waals surface area (Å²) >= 11 is 29.1. The fourth-order valence-corrected chi connectivity index (χ4v) is 1.92. The molecule has 0 bridgehead atoms. The van der Waals surface area contributed by atoms with Crippen molar-refractivity contribution in [1.82, 2.24) is 9.91 Å². The Morgan fingerprint density at radius 1 is 1.27 bits per heavy atom. The molecular weight excluding hydrogens is 303 g/mol. The Morgan fingerprint density at radius 3 is 2.13 bits per heavy atom. The van der Waals surface area contributed by atoms with Gasteiger partial charge in [-0.3, -0.25) is 5.01 Å². The van der Waals surface area contributed by atoms with Crippen LogP contribution < -0.4 is 0 Å². The summed E-state index contributed by atoms with van der Waals surface area (Å²) in [5.41, 5.74) is 0. The summed E-state index contributed by atoms with van der Waals surface area (Å²) < 4.78 is -3.47. The second kappa shape index (κ2) is 4.53. The molecule has 0 aromatic carbocycles. The average molecular weight is 313 g/mol. The van der Waals surface area contributed by atoms with Gasteiger partial charge in [0.05, 0.1) is 0 Å². The third-order valence-electron chi connectivity index (χ3n) is 2.15. The molecule has 1 unspecified atom stereocenters. The Bertz CT molecular complexity index is 262. The van der Waals surface area contributed by atoms with Crippen molar-refractivity contribution in [3.63, 3.8) is 0 Å². The van der Waals surface area contributed by atoms with Gasteiger partial charge in [-0.1, -0.05) is 58.0 Å². The zero-order valence-electron chi connectivity index (χ0n) is 8.09. The van der Waals surface area contributed by atoms with E-state index >= 15 is 0 Å². The van der Waals surface area contributed by atoms with Gasteiger partial charge in [0.1, 0.15) is 12.5 Å². The maximum atomic E-state index is 6.01. The van der Waals surface area contributed by atoms with Crippen molar-refractivity contribution in [2.45, 2.75) is 28.3 Å². The molecule has 0 fully saturated rings. The Balaban J connectivity index is 2.88. The van der Waals surface area contributed by atoms with Crippen LogP contribution in [0.1, 0.15) is 13.8 Å². The second-order valence-corrected chi connectivity index (χ2v) is 6.63. The van der Waals surface area contributed by atoms with Gasteiger partial charge >= 0.3 is 0 Å². The molecule has 3 nitrogen and oxygen atoms in total. The summed E-state index contributed by atoms with van der Waals surface area (Å²) in [6.45, 7) is 4.54. The van der Waals surface area contributed by atoms with E-state index < -0.39 is 8.25 Å². The summed E-state index contributed by atoms with van der Waals surface area (Å²) in [5, 5.41) is 5.86. The average Bonchev–Trinajstić information content (AvgIpc) is 2.44. The molecule has 15 heavy (non-hydrogen) atoms. The summed E-state index contributed by atoms with van der Waals surface area (Å²) in [5.74, 6) is 0. The van der Waals surface area contributed by atoms with E-state index in [-0.39, 0.29) is 6.17 Å². The lowest BCUT2D eigenvalue weighted by atomic mass is 10.4. The van der Waals surface area contributed by atoms with Crippen LogP contribution in [0.3, 0.4) is 0 Å². The topological polar surface area (TPSA) is 18.8 Å². The first-order chi connectivity index (χ1) is 6.71. The van der Waals surface area contributed by atoms with Gasteiger partial charge in [0.2, 0.25) is 8.25 Å². The van der Waals surface area contributed by atoms with Gasteiger partial charge in [-0.2, -0.15) is 5.10 Å². The molecule has 1 atom stereocenters. The van der Waals surface area contributed by atoms with Crippen molar-refractivity contribution in [1.29, 1.82) is 0 Å². The highest BCUT2D eigenvalue weighted by Gasteiger charge is 2.53. The molecule has 8 heteroatoms. The van der Waals surface area contributed by atoms with Crippen molar-refractivity contribution in [2.24, 2.45) is 5.10 Å². The van der Waals surface area contributed by atoms with Crippen LogP contribution in [0.25, 0.3) is 0 Å². The molecule has 0 saturated heterocycles. The molecule has 0 saturated carbocycles. The molecule has 1 aliphatic rings. The van der Waals surface area contributed by atoms with E-state index in [4.69, 9.17) is 58.0 Å². The van der Waals surface area contributed by atoms with Gasteiger partial charge in [-0.25, -0.2) is 0 Å². The van der Waals surface area contributed by atoms with Crippen molar-refractivity contribution in [2.75, 3.05) is 6.54 Å². The lowest BCUT2D eigenvalue weighted by molar-refractivity contribution is 0.135. The van der Waals surface area contributed by atoms with E-state index in [1.54, 1.807) is 5.01 Å². The van der Waals surface area contributed by atoms with Crippen LogP contribution >= 0.6 is 58.0 Å². The lowest BCUT2D eigenvalue weighted by Gasteiger charge is -2.39. The molecule has 0 aliphatic carbocycles. The number of alkyl halides is 5. The Labute approximate surface area is 114 Å². The minimum atomic E-state index is -1.82.